The van der Waals surface area contributed by atoms with Gasteiger partial charge in [0.15, 0.2) is 0 Å². The van der Waals surface area contributed by atoms with Crippen molar-refractivity contribution in [1.29, 1.82) is 0 Å². The quantitative estimate of drug-likeness (QED) is 0.563. The molecule has 1 aliphatic heterocycles. The molecule has 176 valence electrons. The third-order valence-corrected chi connectivity index (χ3v) is 5.76. The Morgan fingerprint density at radius 2 is 1.55 bits per heavy atom. The molecule has 0 bridgehead atoms. The van der Waals surface area contributed by atoms with Crippen molar-refractivity contribution in [2.45, 2.75) is 32.8 Å². The highest BCUT2D eigenvalue weighted by molar-refractivity contribution is 5.51. The maximum Gasteiger partial charge on any atom is 0.573 e. The molecule has 0 N–H and O–H groups in total. The van der Waals surface area contributed by atoms with Crippen molar-refractivity contribution in [3.63, 3.8) is 0 Å². The Balaban J connectivity index is 1.42. The first-order valence-electron chi connectivity index (χ1n) is 10.8. The van der Waals surface area contributed by atoms with Crippen molar-refractivity contribution >= 4 is 5.69 Å². The van der Waals surface area contributed by atoms with Crippen LogP contribution in [0.1, 0.15) is 19.4 Å². The molecule has 0 saturated carbocycles. The molecule has 0 atom stereocenters. The van der Waals surface area contributed by atoms with Crippen LogP contribution in [0.15, 0.2) is 59.7 Å². The Hall–Kier alpha value is -3.27. The fourth-order valence-electron chi connectivity index (χ4n) is 3.91. The van der Waals surface area contributed by atoms with Crippen LogP contribution < -0.4 is 15.3 Å². The highest BCUT2D eigenvalue weighted by atomic mass is 19.4. The molecule has 1 fully saturated rings. The summed E-state index contributed by atoms with van der Waals surface area (Å²) >= 11 is 0. The van der Waals surface area contributed by atoms with E-state index in [4.69, 9.17) is 0 Å². The monoisotopic (exact) mass is 461 g/mol. The van der Waals surface area contributed by atoms with E-state index in [1.807, 2.05) is 24.3 Å². The van der Waals surface area contributed by atoms with Gasteiger partial charge in [0.1, 0.15) is 12.1 Å². The van der Waals surface area contributed by atoms with Gasteiger partial charge in [-0.25, -0.2) is 14.0 Å². The van der Waals surface area contributed by atoms with E-state index in [1.165, 1.54) is 39.8 Å². The molecule has 1 aliphatic rings. The fourth-order valence-corrected chi connectivity index (χ4v) is 3.91. The van der Waals surface area contributed by atoms with Gasteiger partial charge in [0.25, 0.3) is 0 Å². The van der Waals surface area contributed by atoms with Gasteiger partial charge in [0.05, 0.1) is 12.2 Å². The molecule has 0 aliphatic carbocycles. The van der Waals surface area contributed by atoms with E-state index >= 15 is 0 Å². The zero-order chi connectivity index (χ0) is 23.6. The molecule has 0 spiro atoms. The Bertz CT molecular complexity index is 1110. The summed E-state index contributed by atoms with van der Waals surface area (Å²) in [6, 6.07) is 13.7. The van der Waals surface area contributed by atoms with E-state index < -0.39 is 6.36 Å². The van der Waals surface area contributed by atoms with Gasteiger partial charge in [-0.3, -0.25) is 4.90 Å². The van der Waals surface area contributed by atoms with Gasteiger partial charge in [0.2, 0.25) is 0 Å². The standard InChI is InChI=1S/C23H26F3N5O2/c1-17(2)28-11-13-29(14-12-28)19-5-7-20(8-6-19)30-16-27-31(22(30)32)15-18-3-9-21(10-4-18)33-23(24,25)26/h3-10,16-17H,11-15H2,1-2H3. The lowest BCUT2D eigenvalue weighted by Gasteiger charge is -2.38. The second-order valence-corrected chi connectivity index (χ2v) is 8.27. The maximum absolute atomic E-state index is 12.8. The second-order valence-electron chi connectivity index (χ2n) is 8.27. The molecule has 0 radical (unpaired) electrons. The van der Waals surface area contributed by atoms with E-state index in [2.05, 4.69) is 33.5 Å². The lowest BCUT2D eigenvalue weighted by molar-refractivity contribution is -0.274. The second kappa shape index (κ2) is 9.30. The van der Waals surface area contributed by atoms with Crippen molar-refractivity contribution in [3.05, 3.63) is 70.9 Å². The molecule has 3 aromatic rings. The van der Waals surface area contributed by atoms with E-state index in [-0.39, 0.29) is 18.0 Å². The summed E-state index contributed by atoms with van der Waals surface area (Å²) in [6.45, 7) is 8.52. The number of anilines is 1. The van der Waals surface area contributed by atoms with Crippen LogP contribution in [0.5, 0.6) is 5.75 Å². The number of rotatable bonds is 6. The molecule has 33 heavy (non-hydrogen) atoms. The number of benzene rings is 2. The summed E-state index contributed by atoms with van der Waals surface area (Å²) in [5, 5.41) is 4.15. The van der Waals surface area contributed by atoms with Crippen LogP contribution in [-0.4, -0.2) is 57.8 Å². The minimum atomic E-state index is -4.74. The predicted octanol–water partition coefficient (Wildman–Crippen LogP) is 3.51. The largest absolute Gasteiger partial charge is 0.573 e. The van der Waals surface area contributed by atoms with Crippen LogP contribution in [0.3, 0.4) is 0 Å². The smallest absolute Gasteiger partial charge is 0.406 e. The van der Waals surface area contributed by atoms with Crippen molar-refractivity contribution in [3.8, 4) is 11.4 Å². The summed E-state index contributed by atoms with van der Waals surface area (Å²) in [6.07, 6.45) is -3.30. The van der Waals surface area contributed by atoms with E-state index in [1.54, 1.807) is 0 Å². The average molecular weight is 461 g/mol. The Morgan fingerprint density at radius 1 is 0.939 bits per heavy atom. The van der Waals surface area contributed by atoms with Gasteiger partial charge >= 0.3 is 12.1 Å². The zero-order valence-corrected chi connectivity index (χ0v) is 18.5. The first-order chi connectivity index (χ1) is 15.7. The minimum Gasteiger partial charge on any atom is -0.406 e. The maximum atomic E-state index is 12.8. The number of piperazine rings is 1. The summed E-state index contributed by atoms with van der Waals surface area (Å²) in [5.41, 5.74) is 2.12. The Morgan fingerprint density at radius 3 is 2.12 bits per heavy atom. The van der Waals surface area contributed by atoms with Gasteiger partial charge in [0, 0.05) is 37.9 Å². The number of hydrogen-bond donors (Lipinski definition) is 0. The summed E-state index contributed by atoms with van der Waals surface area (Å²) < 4.78 is 43.5. The van der Waals surface area contributed by atoms with Gasteiger partial charge in [-0.1, -0.05) is 12.1 Å². The molecular weight excluding hydrogens is 435 g/mol. The molecule has 4 rings (SSSR count). The molecule has 2 aromatic carbocycles. The molecule has 0 amide bonds. The summed E-state index contributed by atoms with van der Waals surface area (Å²) in [4.78, 5) is 17.6. The van der Waals surface area contributed by atoms with E-state index in [9.17, 15) is 18.0 Å². The lowest BCUT2D eigenvalue weighted by Crippen LogP contribution is -2.48. The van der Waals surface area contributed by atoms with Crippen molar-refractivity contribution in [2.24, 2.45) is 0 Å². The van der Waals surface area contributed by atoms with Gasteiger partial charge < -0.3 is 9.64 Å². The first-order valence-corrected chi connectivity index (χ1v) is 10.8. The zero-order valence-electron chi connectivity index (χ0n) is 18.5. The fraction of sp³-hybridized carbons (Fsp3) is 0.391. The van der Waals surface area contributed by atoms with Crippen LogP contribution in [0.25, 0.3) is 5.69 Å². The molecule has 1 saturated heterocycles. The number of alkyl halides is 3. The minimum absolute atomic E-state index is 0.135. The third-order valence-electron chi connectivity index (χ3n) is 5.76. The number of aromatic nitrogens is 3. The predicted molar refractivity (Wildman–Crippen MR) is 119 cm³/mol. The van der Waals surface area contributed by atoms with Crippen molar-refractivity contribution in [1.82, 2.24) is 19.2 Å². The highest BCUT2D eigenvalue weighted by Crippen LogP contribution is 2.23. The molecule has 7 nitrogen and oxygen atoms in total. The van der Waals surface area contributed by atoms with Crippen LogP contribution >= 0.6 is 0 Å². The molecule has 0 unspecified atom stereocenters. The van der Waals surface area contributed by atoms with E-state index in [0.29, 0.717) is 17.3 Å². The van der Waals surface area contributed by atoms with E-state index in [0.717, 1.165) is 31.9 Å². The summed E-state index contributed by atoms with van der Waals surface area (Å²) in [5.74, 6) is -0.310. The number of halogens is 3. The summed E-state index contributed by atoms with van der Waals surface area (Å²) in [7, 11) is 0. The van der Waals surface area contributed by atoms with Gasteiger partial charge in [-0.15, -0.1) is 13.2 Å². The lowest BCUT2D eigenvalue weighted by atomic mass is 10.2. The number of hydrogen-bond acceptors (Lipinski definition) is 5. The Labute approximate surface area is 189 Å². The van der Waals surface area contributed by atoms with Crippen LogP contribution in [0.2, 0.25) is 0 Å². The highest BCUT2D eigenvalue weighted by Gasteiger charge is 2.31. The third kappa shape index (κ3) is 5.57. The molecule has 10 heteroatoms. The van der Waals surface area contributed by atoms with Crippen LogP contribution in [0.4, 0.5) is 18.9 Å². The average Bonchev–Trinajstić information content (AvgIpc) is 3.14. The van der Waals surface area contributed by atoms with Crippen molar-refractivity contribution in [2.75, 3.05) is 31.1 Å². The SMILES string of the molecule is CC(C)N1CCN(c2ccc(-n3cnn(Cc4ccc(OC(F)(F)F)cc4)c3=O)cc2)CC1. The first kappa shape index (κ1) is 22.9. The molecular formula is C23H26F3N5O2. The van der Waals surface area contributed by atoms with Crippen molar-refractivity contribution < 1.29 is 17.9 Å². The normalized spacial score (nSPS) is 15.3. The number of nitrogens with zero attached hydrogens (tertiary/aromatic N) is 5. The Kier molecular flexibility index (Phi) is 6.46. The van der Waals surface area contributed by atoms with Crippen LogP contribution in [-0.2, 0) is 6.54 Å². The molecule has 1 aromatic heterocycles. The molecule has 2 heterocycles. The topological polar surface area (TPSA) is 55.5 Å². The van der Waals surface area contributed by atoms with Gasteiger partial charge in [-0.05, 0) is 55.8 Å². The number of ether oxygens (including phenoxy) is 1. The van der Waals surface area contributed by atoms with Gasteiger partial charge in [-0.2, -0.15) is 5.10 Å². The van der Waals surface area contributed by atoms with Crippen LogP contribution in [0, 0.1) is 0 Å².